The van der Waals surface area contributed by atoms with Crippen molar-refractivity contribution in [2.75, 3.05) is 23.7 Å². The Labute approximate surface area is 190 Å². The summed E-state index contributed by atoms with van der Waals surface area (Å²) in [6, 6.07) is 9.78. The lowest BCUT2D eigenvalue weighted by Crippen LogP contribution is -2.28. The van der Waals surface area contributed by atoms with Crippen molar-refractivity contribution in [2.24, 2.45) is 11.8 Å². The third-order valence-corrected chi connectivity index (χ3v) is 8.06. The number of nitrogens with zero attached hydrogens (tertiary/aromatic N) is 3. The summed E-state index contributed by atoms with van der Waals surface area (Å²) in [6.07, 6.45) is 4.73. The molecule has 0 radical (unpaired) electrons. The molecule has 6 rings (SSSR count). The van der Waals surface area contributed by atoms with E-state index in [1.807, 2.05) is 23.6 Å². The molecule has 2 unspecified atom stereocenters. The Bertz CT molecular complexity index is 1170. The minimum absolute atomic E-state index is 0.137. The number of likely N-dealkylation sites (tertiary alicyclic amines) is 1. The van der Waals surface area contributed by atoms with Gasteiger partial charge in [-0.15, -0.1) is 11.3 Å². The van der Waals surface area contributed by atoms with Crippen molar-refractivity contribution in [3.05, 3.63) is 41.3 Å². The van der Waals surface area contributed by atoms with Gasteiger partial charge in [-0.3, -0.25) is 4.79 Å². The molecule has 2 N–H and O–H groups in total. The maximum atomic E-state index is 13.5. The molecule has 3 heterocycles. The van der Waals surface area contributed by atoms with Gasteiger partial charge in [0, 0.05) is 23.8 Å². The minimum atomic E-state index is -0.924. The predicted octanol–water partition coefficient (Wildman–Crippen LogP) is 5.22. The predicted molar refractivity (Wildman–Crippen MR) is 125 cm³/mol. The molecular weight excluding hydrogens is 425 g/mol. The molecule has 1 saturated heterocycles. The summed E-state index contributed by atoms with van der Waals surface area (Å²) in [5.74, 6) is 2.87. The highest BCUT2D eigenvalue weighted by molar-refractivity contribution is 7.17. The molecule has 4 atom stereocenters. The van der Waals surface area contributed by atoms with Crippen LogP contribution in [0.5, 0.6) is 0 Å². The number of thiophene rings is 1. The van der Waals surface area contributed by atoms with Crippen molar-refractivity contribution in [1.82, 2.24) is 14.9 Å². The van der Waals surface area contributed by atoms with E-state index in [1.165, 1.54) is 25.7 Å². The zero-order valence-electron chi connectivity index (χ0n) is 17.8. The van der Waals surface area contributed by atoms with Crippen LogP contribution in [-0.4, -0.2) is 46.1 Å². The number of nitrogens with one attached hydrogen (secondary N) is 2. The largest absolute Gasteiger partial charge is 0.366 e. The van der Waals surface area contributed by atoms with Crippen LogP contribution in [0.3, 0.4) is 0 Å². The Morgan fingerprint density at radius 3 is 2.88 bits per heavy atom. The van der Waals surface area contributed by atoms with Crippen molar-refractivity contribution in [1.29, 1.82) is 0 Å². The van der Waals surface area contributed by atoms with Gasteiger partial charge in [-0.05, 0) is 67.2 Å². The number of alkyl halides is 1. The second-order valence-corrected chi connectivity index (χ2v) is 10.2. The van der Waals surface area contributed by atoms with Gasteiger partial charge in [0.2, 0.25) is 5.95 Å². The number of carbonyl (C=O) groups is 1. The van der Waals surface area contributed by atoms with Crippen molar-refractivity contribution < 1.29 is 9.18 Å². The molecule has 1 aliphatic heterocycles. The molecule has 32 heavy (non-hydrogen) atoms. The molecule has 8 heteroatoms. The van der Waals surface area contributed by atoms with Crippen LogP contribution in [0, 0.1) is 11.8 Å². The smallest absolute Gasteiger partial charge is 0.254 e. The van der Waals surface area contributed by atoms with E-state index in [9.17, 15) is 9.18 Å². The van der Waals surface area contributed by atoms with E-state index < -0.39 is 6.17 Å². The molecule has 6 nitrogen and oxygen atoms in total. The molecule has 2 aliphatic carbocycles. The SMILES string of the molecule is O=C(c1cccc(Nc2nc(NC3C[C@@H]4CC[C@H]3C4)c3sccc3n2)c1)N1CCC(F)C1. The Morgan fingerprint density at radius 2 is 2.09 bits per heavy atom. The van der Waals surface area contributed by atoms with Gasteiger partial charge in [-0.1, -0.05) is 12.5 Å². The fourth-order valence-corrected chi connectivity index (χ4v) is 6.34. The highest BCUT2D eigenvalue weighted by Gasteiger charge is 2.39. The molecule has 3 fully saturated rings. The molecular formula is C24H26FN5OS. The molecule has 1 aromatic carbocycles. The Kier molecular flexibility index (Phi) is 4.97. The van der Waals surface area contributed by atoms with Crippen molar-refractivity contribution in [3.63, 3.8) is 0 Å². The fourth-order valence-electron chi connectivity index (χ4n) is 5.56. The van der Waals surface area contributed by atoms with Gasteiger partial charge in [0.05, 0.1) is 16.8 Å². The van der Waals surface area contributed by atoms with Crippen LogP contribution in [0.15, 0.2) is 35.7 Å². The van der Waals surface area contributed by atoms with E-state index in [0.29, 0.717) is 30.5 Å². The standard InChI is InChI=1S/C24H26FN5OS/c25-17-6-8-30(13-17)23(31)16-2-1-3-18(12-16)26-24-28-19-7-9-32-21(19)22(29-24)27-20-11-14-4-5-15(20)10-14/h1-3,7,9,12,14-15,17,20H,4-6,8,10-11,13H2,(H2,26,27,28,29)/t14-,15+,17?,20?/m1/s1. The minimum Gasteiger partial charge on any atom is -0.366 e. The first-order chi connectivity index (χ1) is 15.6. The molecule has 166 valence electrons. The summed E-state index contributed by atoms with van der Waals surface area (Å²) in [4.78, 5) is 23.8. The number of hydrogen-bond acceptors (Lipinski definition) is 6. The van der Waals surface area contributed by atoms with Crippen molar-refractivity contribution in [3.8, 4) is 0 Å². The molecule has 3 aliphatic rings. The summed E-state index contributed by atoms with van der Waals surface area (Å²) in [5, 5.41) is 9.04. The Morgan fingerprint density at radius 1 is 1.16 bits per heavy atom. The van der Waals surface area contributed by atoms with Gasteiger partial charge in [-0.2, -0.15) is 4.98 Å². The lowest BCUT2D eigenvalue weighted by atomic mass is 9.95. The number of anilines is 3. The second-order valence-electron chi connectivity index (χ2n) is 9.30. The number of halogens is 1. The third kappa shape index (κ3) is 3.70. The van der Waals surface area contributed by atoms with E-state index in [4.69, 9.17) is 4.98 Å². The topological polar surface area (TPSA) is 70.1 Å². The summed E-state index contributed by atoms with van der Waals surface area (Å²) >= 11 is 1.66. The first kappa shape index (κ1) is 19.9. The maximum absolute atomic E-state index is 13.5. The molecule has 0 spiro atoms. The summed E-state index contributed by atoms with van der Waals surface area (Å²) < 4.78 is 14.6. The average molecular weight is 452 g/mol. The molecule has 2 bridgehead atoms. The lowest BCUT2D eigenvalue weighted by Gasteiger charge is -2.23. The molecule has 1 amide bonds. The van der Waals surface area contributed by atoms with E-state index in [2.05, 4.69) is 15.6 Å². The number of hydrogen-bond donors (Lipinski definition) is 2. The normalized spacial score (nSPS) is 26.7. The van der Waals surface area contributed by atoms with Crippen LogP contribution in [0.4, 0.5) is 21.8 Å². The van der Waals surface area contributed by atoms with Crippen molar-refractivity contribution in [2.45, 2.75) is 44.3 Å². The van der Waals surface area contributed by atoms with Gasteiger partial charge in [0.1, 0.15) is 12.0 Å². The van der Waals surface area contributed by atoms with E-state index in [0.717, 1.165) is 33.6 Å². The first-order valence-corrected chi connectivity index (χ1v) is 12.3. The number of aromatic nitrogens is 2. The Balaban J connectivity index is 1.24. The van der Waals surface area contributed by atoms with E-state index in [-0.39, 0.29) is 12.5 Å². The van der Waals surface area contributed by atoms with Gasteiger partial charge < -0.3 is 15.5 Å². The third-order valence-electron chi connectivity index (χ3n) is 7.15. The van der Waals surface area contributed by atoms with Crippen LogP contribution in [0.2, 0.25) is 0 Å². The summed E-state index contributed by atoms with van der Waals surface area (Å²) in [5.41, 5.74) is 2.20. The highest BCUT2D eigenvalue weighted by Crippen LogP contribution is 2.46. The molecule has 2 aromatic heterocycles. The quantitative estimate of drug-likeness (QED) is 0.557. The number of amides is 1. The van der Waals surface area contributed by atoms with E-state index >= 15 is 0 Å². The zero-order chi connectivity index (χ0) is 21.7. The van der Waals surface area contributed by atoms with E-state index in [1.54, 1.807) is 28.4 Å². The Hall–Kier alpha value is -2.74. The molecule has 3 aromatic rings. The van der Waals surface area contributed by atoms with Crippen molar-refractivity contribution >= 4 is 44.9 Å². The van der Waals surface area contributed by atoms with Gasteiger partial charge >= 0.3 is 0 Å². The summed E-state index contributed by atoms with van der Waals surface area (Å²) in [7, 11) is 0. The van der Waals surface area contributed by atoms with Crippen LogP contribution in [0.1, 0.15) is 42.5 Å². The monoisotopic (exact) mass is 451 g/mol. The summed E-state index contributed by atoms with van der Waals surface area (Å²) in [6.45, 7) is 0.639. The lowest BCUT2D eigenvalue weighted by molar-refractivity contribution is 0.0783. The van der Waals surface area contributed by atoms with Gasteiger partial charge in [0.25, 0.3) is 5.91 Å². The van der Waals surface area contributed by atoms with Crippen LogP contribution in [0.25, 0.3) is 10.2 Å². The van der Waals surface area contributed by atoms with Gasteiger partial charge in [0.15, 0.2) is 0 Å². The first-order valence-electron chi connectivity index (χ1n) is 11.4. The number of carbonyl (C=O) groups excluding carboxylic acids is 1. The number of rotatable bonds is 5. The van der Waals surface area contributed by atoms with Gasteiger partial charge in [-0.25, -0.2) is 9.37 Å². The zero-order valence-corrected chi connectivity index (χ0v) is 18.6. The fraction of sp³-hybridized carbons (Fsp3) is 0.458. The molecule has 2 saturated carbocycles. The highest BCUT2D eigenvalue weighted by atomic mass is 32.1. The maximum Gasteiger partial charge on any atom is 0.254 e. The number of fused-ring (bicyclic) bond motifs is 3. The van der Waals surface area contributed by atoms with Crippen LogP contribution >= 0.6 is 11.3 Å². The second kappa shape index (κ2) is 7.99. The average Bonchev–Trinajstić information content (AvgIpc) is 3.58. The van der Waals surface area contributed by atoms with Crippen LogP contribution < -0.4 is 10.6 Å². The number of benzene rings is 1. The van der Waals surface area contributed by atoms with Crippen LogP contribution in [-0.2, 0) is 0 Å².